The maximum Gasteiger partial charge on any atom is 0.362 e. The molecule has 1 atom stereocenters. The zero-order chi connectivity index (χ0) is 14.8. The van der Waals surface area contributed by atoms with Crippen LogP contribution >= 0.6 is 11.8 Å². The lowest BCUT2D eigenvalue weighted by molar-refractivity contribution is -0.887. The maximum atomic E-state index is 11.4. The van der Waals surface area contributed by atoms with Gasteiger partial charge in [-0.15, -0.1) is 0 Å². The van der Waals surface area contributed by atoms with Gasteiger partial charge in [-0.2, -0.15) is 0 Å². The molecule has 106 valence electrons. The van der Waals surface area contributed by atoms with Gasteiger partial charge in [-0.1, -0.05) is 0 Å². The first-order chi connectivity index (χ1) is 8.62. The van der Waals surface area contributed by atoms with Crippen molar-refractivity contribution in [3.8, 4) is 0 Å². The van der Waals surface area contributed by atoms with Crippen LogP contribution in [0.15, 0.2) is 11.4 Å². The quantitative estimate of drug-likeness (QED) is 0.639. The van der Waals surface area contributed by atoms with Crippen LogP contribution < -0.4 is 0 Å². The van der Waals surface area contributed by atoms with Crippen molar-refractivity contribution in [3.63, 3.8) is 0 Å². The number of hydrogen-bond donors (Lipinski definition) is 1. The van der Waals surface area contributed by atoms with E-state index in [1.807, 2.05) is 21.1 Å². The molecule has 1 aromatic heterocycles. The fraction of sp³-hybridized carbons (Fsp3) is 0.583. The Kier molecular flexibility index (Phi) is 4.75. The van der Waals surface area contributed by atoms with Gasteiger partial charge in [0.15, 0.2) is 11.2 Å². The van der Waals surface area contributed by atoms with Crippen LogP contribution in [0.2, 0.25) is 0 Å². The van der Waals surface area contributed by atoms with Crippen molar-refractivity contribution in [2.45, 2.75) is 24.4 Å². The summed E-state index contributed by atoms with van der Waals surface area (Å²) in [5, 5.41) is 10.0. The zero-order valence-electron chi connectivity index (χ0n) is 11.9. The molecule has 0 aromatic carbocycles. The van der Waals surface area contributed by atoms with Gasteiger partial charge in [0, 0.05) is 14.0 Å². The topological polar surface area (TPSA) is 72.2 Å². The van der Waals surface area contributed by atoms with E-state index in [0.717, 1.165) is 11.8 Å². The molecule has 0 amide bonds. The van der Waals surface area contributed by atoms with Crippen LogP contribution in [0.5, 0.6) is 0 Å². The lowest BCUT2D eigenvalue weighted by Gasteiger charge is -2.30. The molecule has 0 aliphatic rings. The van der Waals surface area contributed by atoms with Crippen molar-refractivity contribution in [2.75, 3.05) is 21.1 Å². The Labute approximate surface area is 117 Å². The highest BCUT2D eigenvalue weighted by Gasteiger charge is 2.33. The van der Waals surface area contributed by atoms with Crippen molar-refractivity contribution in [3.05, 3.63) is 12.0 Å². The predicted octanol–water partition coefficient (Wildman–Crippen LogP) is 0.761. The molecule has 0 spiro atoms. The number of quaternary nitrogens is 1. The molecule has 0 saturated heterocycles. The minimum Gasteiger partial charge on any atom is -0.477 e. The minimum absolute atomic E-state index is 0.0398. The van der Waals surface area contributed by atoms with E-state index >= 15 is 0 Å². The fourth-order valence-electron chi connectivity index (χ4n) is 1.75. The molecule has 0 saturated carbocycles. The van der Waals surface area contributed by atoms with Gasteiger partial charge in [0.05, 0.1) is 39.6 Å². The van der Waals surface area contributed by atoms with E-state index < -0.39 is 12.0 Å². The highest BCUT2D eigenvalue weighted by atomic mass is 32.2. The lowest BCUT2D eigenvalue weighted by Crippen LogP contribution is -2.51. The second-order valence-electron chi connectivity index (χ2n) is 5.38. The van der Waals surface area contributed by atoms with Crippen molar-refractivity contribution in [1.82, 2.24) is 9.55 Å². The van der Waals surface area contributed by atoms with Crippen molar-refractivity contribution < 1.29 is 19.2 Å². The molecule has 19 heavy (non-hydrogen) atoms. The number of carbonyl (C=O) groups excluding carboxylic acids is 1. The third kappa shape index (κ3) is 4.07. The first kappa shape index (κ1) is 15.7. The number of aryl methyl sites for hydroxylation is 1. The Morgan fingerprint density at radius 2 is 2.05 bits per heavy atom. The summed E-state index contributed by atoms with van der Waals surface area (Å²) in [6.07, 6.45) is 1.91. The Morgan fingerprint density at radius 3 is 2.47 bits per heavy atom. The molecule has 0 fully saturated rings. The average molecular weight is 286 g/mol. The highest BCUT2D eigenvalue weighted by Crippen LogP contribution is 2.24. The fourth-order valence-corrected chi connectivity index (χ4v) is 2.47. The van der Waals surface area contributed by atoms with Crippen LogP contribution in [0.25, 0.3) is 0 Å². The predicted molar refractivity (Wildman–Crippen MR) is 72.9 cm³/mol. The van der Waals surface area contributed by atoms with Crippen LogP contribution in [0.4, 0.5) is 0 Å². The van der Waals surface area contributed by atoms with E-state index in [4.69, 9.17) is 0 Å². The number of carboxylic acids is 1. The summed E-state index contributed by atoms with van der Waals surface area (Å²) in [4.78, 5) is 26.8. The van der Waals surface area contributed by atoms with Gasteiger partial charge >= 0.3 is 5.97 Å². The van der Waals surface area contributed by atoms with E-state index in [9.17, 15) is 14.7 Å². The van der Waals surface area contributed by atoms with Crippen LogP contribution in [-0.2, 0) is 23.1 Å². The van der Waals surface area contributed by atoms with Crippen LogP contribution in [-0.4, -0.2) is 57.4 Å². The molecular formula is C12H20N3O3S+. The molecule has 7 heteroatoms. The maximum absolute atomic E-state index is 11.4. The van der Waals surface area contributed by atoms with Crippen LogP contribution in [0, 0.1) is 0 Å². The van der Waals surface area contributed by atoms with E-state index in [-0.39, 0.29) is 5.12 Å². The van der Waals surface area contributed by atoms with E-state index in [0.29, 0.717) is 21.6 Å². The molecule has 1 aromatic rings. The van der Waals surface area contributed by atoms with Crippen molar-refractivity contribution in [1.29, 1.82) is 0 Å². The summed E-state index contributed by atoms with van der Waals surface area (Å²) in [5.41, 5.74) is 0.656. The Morgan fingerprint density at radius 1 is 1.47 bits per heavy atom. The molecule has 0 aliphatic carbocycles. The Hall–Kier alpha value is -1.34. The van der Waals surface area contributed by atoms with Gasteiger partial charge in [0.2, 0.25) is 0 Å². The van der Waals surface area contributed by atoms with Crippen molar-refractivity contribution >= 4 is 22.8 Å². The SMILES string of the molecule is CC(=O)Sc1c(C[C@@H](C(=O)O)[N+](C)(C)C)ncn1C. The molecule has 1 heterocycles. The average Bonchev–Trinajstić information content (AvgIpc) is 2.54. The van der Waals surface area contributed by atoms with Gasteiger partial charge < -0.3 is 14.2 Å². The lowest BCUT2D eigenvalue weighted by atomic mass is 10.1. The Balaban J connectivity index is 3.04. The number of aromatic nitrogens is 2. The van der Waals surface area contributed by atoms with Gasteiger partial charge in [-0.25, -0.2) is 9.78 Å². The van der Waals surface area contributed by atoms with Gasteiger partial charge in [-0.3, -0.25) is 4.79 Å². The first-order valence-electron chi connectivity index (χ1n) is 5.85. The zero-order valence-corrected chi connectivity index (χ0v) is 12.7. The highest BCUT2D eigenvalue weighted by molar-refractivity contribution is 8.13. The van der Waals surface area contributed by atoms with E-state index in [2.05, 4.69) is 4.98 Å². The summed E-state index contributed by atoms with van der Waals surface area (Å²) < 4.78 is 2.05. The molecule has 6 nitrogen and oxygen atoms in total. The number of nitrogens with zero attached hydrogens (tertiary/aromatic N) is 3. The first-order valence-corrected chi connectivity index (χ1v) is 6.67. The van der Waals surface area contributed by atoms with E-state index in [1.165, 1.54) is 6.92 Å². The van der Waals surface area contributed by atoms with Gasteiger partial charge in [0.1, 0.15) is 5.03 Å². The summed E-state index contributed by atoms with van der Waals surface area (Å²) in [6, 6.07) is -0.596. The minimum atomic E-state index is -0.864. The summed E-state index contributed by atoms with van der Waals surface area (Å²) in [6.45, 7) is 1.48. The molecule has 1 rings (SSSR count). The second kappa shape index (κ2) is 5.75. The smallest absolute Gasteiger partial charge is 0.362 e. The molecular weight excluding hydrogens is 266 g/mol. The molecule has 0 aliphatic heterocycles. The largest absolute Gasteiger partial charge is 0.477 e. The number of thioether (sulfide) groups is 1. The van der Waals surface area contributed by atoms with E-state index in [1.54, 1.807) is 17.9 Å². The molecule has 0 unspecified atom stereocenters. The standard InChI is InChI=1S/C12H19N3O3S/c1-8(16)19-11-9(13-7-14(11)2)6-10(12(17)18)15(3,4)5/h7,10H,6H2,1-5H3/p+1/t10-/m0/s1. The summed E-state index contributed by atoms with van der Waals surface area (Å²) in [7, 11) is 7.29. The van der Waals surface area contributed by atoms with Gasteiger partial charge in [0.25, 0.3) is 0 Å². The van der Waals surface area contributed by atoms with Crippen LogP contribution in [0.1, 0.15) is 12.6 Å². The second-order valence-corrected chi connectivity index (χ2v) is 6.54. The molecule has 0 radical (unpaired) electrons. The number of imidazole rings is 1. The summed E-state index contributed by atoms with van der Waals surface area (Å²) >= 11 is 1.08. The third-order valence-corrected chi connectivity index (χ3v) is 3.81. The van der Waals surface area contributed by atoms with Crippen LogP contribution in [0.3, 0.4) is 0 Å². The number of hydrogen-bond acceptors (Lipinski definition) is 4. The number of aliphatic carboxylic acids is 1. The number of carbonyl (C=O) groups is 2. The van der Waals surface area contributed by atoms with Crippen molar-refractivity contribution in [2.24, 2.45) is 7.05 Å². The number of carboxylic acid groups (broad SMARTS) is 1. The Bertz CT molecular complexity index is 491. The van der Waals surface area contributed by atoms with Gasteiger partial charge in [-0.05, 0) is 11.8 Å². The third-order valence-electron chi connectivity index (χ3n) is 2.80. The summed E-state index contributed by atoms with van der Waals surface area (Å²) in [5.74, 6) is -0.864. The number of rotatable bonds is 5. The monoisotopic (exact) mass is 286 g/mol. The normalized spacial score (nSPS) is 13.3. The molecule has 1 N–H and O–H groups in total. The number of likely N-dealkylation sites (N-methyl/N-ethyl adjacent to an activating group) is 1. The molecule has 0 bridgehead atoms.